The Morgan fingerprint density at radius 1 is 1.26 bits per heavy atom. The summed E-state index contributed by atoms with van der Waals surface area (Å²) in [6, 6.07) is 6.78. The molecular weight excluding hydrogens is 400 g/mol. The minimum atomic E-state index is -1.06. The molecule has 1 unspecified atom stereocenters. The number of aromatic nitrogens is 1. The van der Waals surface area contributed by atoms with E-state index in [0.717, 1.165) is 47.9 Å². The number of hydrogen-bond donors (Lipinski definition) is 1. The smallest absolute Gasteiger partial charge is 0.410 e. The van der Waals surface area contributed by atoms with Gasteiger partial charge in [0.2, 0.25) is 5.88 Å². The van der Waals surface area contributed by atoms with E-state index in [-0.39, 0.29) is 19.6 Å². The van der Waals surface area contributed by atoms with Crippen molar-refractivity contribution in [2.45, 2.75) is 57.1 Å². The fraction of sp³-hybridized carbons (Fsp3) is 0.522. The van der Waals surface area contributed by atoms with E-state index in [2.05, 4.69) is 6.07 Å². The first-order chi connectivity index (χ1) is 15.0. The topological polar surface area (TPSA) is 98.2 Å². The van der Waals surface area contributed by atoms with E-state index in [1.807, 2.05) is 25.1 Å². The Hall–Kier alpha value is -3.03. The maximum atomic E-state index is 12.4. The number of hydrogen-bond acceptors (Lipinski definition) is 6. The molecule has 166 valence electrons. The number of carboxylic acid groups (broad SMARTS) is 1. The molecule has 0 radical (unpaired) electrons. The van der Waals surface area contributed by atoms with Crippen LogP contribution >= 0.6 is 0 Å². The highest BCUT2D eigenvalue weighted by molar-refractivity contribution is 5.88. The van der Waals surface area contributed by atoms with Crippen LogP contribution in [0.4, 0.5) is 4.79 Å². The number of carbonyl (C=O) groups excluding carboxylic acids is 1. The monoisotopic (exact) mass is 428 g/mol. The van der Waals surface area contributed by atoms with E-state index >= 15 is 0 Å². The van der Waals surface area contributed by atoms with Gasteiger partial charge < -0.3 is 19.3 Å². The lowest BCUT2D eigenvalue weighted by Gasteiger charge is -2.20. The van der Waals surface area contributed by atoms with Gasteiger partial charge >= 0.3 is 12.1 Å². The van der Waals surface area contributed by atoms with Gasteiger partial charge in [-0.25, -0.2) is 14.6 Å². The fourth-order valence-corrected chi connectivity index (χ4v) is 3.89. The van der Waals surface area contributed by atoms with Crippen molar-refractivity contribution in [3.63, 3.8) is 0 Å². The Morgan fingerprint density at radius 3 is 2.74 bits per heavy atom. The number of aliphatic carboxylic acids is 1. The molecule has 1 saturated heterocycles. The molecule has 2 heterocycles. The summed E-state index contributed by atoms with van der Waals surface area (Å²) in [4.78, 5) is 30.2. The van der Waals surface area contributed by atoms with Gasteiger partial charge in [0.25, 0.3) is 0 Å². The van der Waals surface area contributed by atoms with E-state index in [0.29, 0.717) is 11.8 Å². The lowest BCUT2D eigenvalue weighted by molar-refractivity contribution is -0.141. The van der Waals surface area contributed by atoms with E-state index in [1.54, 1.807) is 7.11 Å². The third-order valence-electron chi connectivity index (χ3n) is 5.80. The molecule has 2 aromatic rings. The predicted octanol–water partition coefficient (Wildman–Crippen LogP) is 3.96. The summed E-state index contributed by atoms with van der Waals surface area (Å²) in [5.41, 5.74) is 0.972. The number of nitrogens with zero attached hydrogens (tertiary/aromatic N) is 2. The van der Waals surface area contributed by atoms with Gasteiger partial charge in [-0.15, -0.1) is 0 Å². The normalized spacial score (nSPS) is 20.6. The second-order valence-corrected chi connectivity index (χ2v) is 8.16. The van der Waals surface area contributed by atoms with Crippen LogP contribution in [0.15, 0.2) is 24.3 Å². The van der Waals surface area contributed by atoms with Crippen molar-refractivity contribution in [2.24, 2.45) is 0 Å². The molecule has 4 rings (SSSR count). The maximum Gasteiger partial charge on any atom is 0.410 e. The number of methoxy groups -OCH3 is 1. The molecule has 2 aliphatic rings. The molecule has 1 aromatic carbocycles. The summed E-state index contributed by atoms with van der Waals surface area (Å²) in [5.74, 6) is 0.586. The predicted molar refractivity (Wildman–Crippen MR) is 114 cm³/mol. The Balaban J connectivity index is 1.56. The minimum Gasteiger partial charge on any atom is -0.497 e. The van der Waals surface area contributed by atoms with Crippen LogP contribution in [0.5, 0.6) is 11.6 Å². The molecule has 1 saturated carbocycles. The molecular formula is C23H28N2O6. The molecule has 1 aliphatic carbocycles. The zero-order valence-electron chi connectivity index (χ0n) is 17.9. The fourth-order valence-electron chi connectivity index (χ4n) is 3.89. The molecule has 8 heteroatoms. The maximum absolute atomic E-state index is 12.4. The Morgan fingerprint density at radius 2 is 2.06 bits per heavy atom. The Bertz CT molecular complexity index is 974. The highest BCUT2D eigenvalue weighted by atomic mass is 16.6. The number of rotatable bonds is 8. The van der Waals surface area contributed by atoms with Crippen molar-refractivity contribution in [3.8, 4) is 11.6 Å². The van der Waals surface area contributed by atoms with Crippen LogP contribution in [0.1, 0.15) is 50.6 Å². The van der Waals surface area contributed by atoms with Gasteiger partial charge in [-0.05, 0) is 48.9 Å². The van der Waals surface area contributed by atoms with Gasteiger partial charge in [-0.3, -0.25) is 4.90 Å². The summed E-state index contributed by atoms with van der Waals surface area (Å²) in [6.07, 6.45) is 2.93. The molecule has 1 amide bonds. The van der Waals surface area contributed by atoms with Gasteiger partial charge in [-0.1, -0.05) is 13.3 Å². The van der Waals surface area contributed by atoms with Gasteiger partial charge in [0, 0.05) is 23.4 Å². The molecule has 0 bridgehead atoms. The van der Waals surface area contributed by atoms with Gasteiger partial charge in [0.1, 0.15) is 17.9 Å². The molecule has 8 nitrogen and oxygen atoms in total. The zero-order chi connectivity index (χ0) is 22.0. The van der Waals surface area contributed by atoms with Crippen molar-refractivity contribution in [2.75, 3.05) is 20.3 Å². The van der Waals surface area contributed by atoms with Crippen molar-refractivity contribution < 1.29 is 28.9 Å². The average Bonchev–Trinajstić information content (AvgIpc) is 3.53. The standard InChI is InChI=1S/C23H28N2O6/c1-3-4-9-30-23(28)25-13-17(12-20(25)22(26)27)31-21-18-8-7-16(29-2)10-15(18)11-19(24-21)14-5-6-14/h7-8,10-11,14,17,20H,3-6,9,12-13H2,1-2H3,(H,26,27)/t17-,20?/m1/s1. The lowest BCUT2D eigenvalue weighted by atomic mass is 10.1. The first-order valence-electron chi connectivity index (χ1n) is 10.8. The molecule has 1 aromatic heterocycles. The number of pyridine rings is 1. The van der Waals surface area contributed by atoms with Gasteiger partial charge in [-0.2, -0.15) is 0 Å². The molecule has 1 aliphatic heterocycles. The average molecular weight is 428 g/mol. The van der Waals surface area contributed by atoms with E-state index in [4.69, 9.17) is 19.2 Å². The summed E-state index contributed by atoms with van der Waals surface area (Å²) in [5, 5.41) is 11.4. The number of amides is 1. The van der Waals surface area contributed by atoms with Crippen LogP contribution in [0, 0.1) is 0 Å². The summed E-state index contributed by atoms with van der Waals surface area (Å²) in [6.45, 7) is 2.42. The number of likely N-dealkylation sites (tertiary alicyclic amines) is 1. The second kappa shape index (κ2) is 8.99. The molecule has 2 atom stereocenters. The van der Waals surface area contributed by atoms with Crippen LogP contribution in [-0.4, -0.2) is 59.5 Å². The number of unbranched alkanes of at least 4 members (excludes halogenated alkanes) is 1. The Labute approximate surface area is 181 Å². The van der Waals surface area contributed by atoms with Crippen molar-refractivity contribution in [1.29, 1.82) is 0 Å². The Kier molecular flexibility index (Phi) is 6.15. The largest absolute Gasteiger partial charge is 0.497 e. The molecule has 0 spiro atoms. The third kappa shape index (κ3) is 4.68. The number of ether oxygens (including phenoxy) is 3. The quantitative estimate of drug-likeness (QED) is 0.635. The van der Waals surface area contributed by atoms with Gasteiger partial charge in [0.05, 0.1) is 20.3 Å². The number of carbonyl (C=O) groups is 2. The van der Waals surface area contributed by atoms with Crippen molar-refractivity contribution in [3.05, 3.63) is 30.0 Å². The SMILES string of the molecule is CCCCOC(=O)N1C[C@H](Oc2nc(C3CC3)cc3cc(OC)ccc23)CC1C(=O)O. The highest BCUT2D eigenvalue weighted by Crippen LogP contribution is 2.42. The van der Waals surface area contributed by atoms with Gasteiger partial charge in [0.15, 0.2) is 0 Å². The lowest BCUT2D eigenvalue weighted by Crippen LogP contribution is -2.41. The number of benzene rings is 1. The van der Waals surface area contributed by atoms with E-state index < -0.39 is 24.2 Å². The third-order valence-corrected chi connectivity index (χ3v) is 5.80. The van der Waals surface area contributed by atoms with E-state index in [9.17, 15) is 14.7 Å². The second-order valence-electron chi connectivity index (χ2n) is 8.16. The molecule has 2 fully saturated rings. The first-order valence-corrected chi connectivity index (χ1v) is 10.8. The van der Waals surface area contributed by atoms with Crippen LogP contribution in [-0.2, 0) is 9.53 Å². The highest BCUT2D eigenvalue weighted by Gasteiger charge is 2.42. The summed E-state index contributed by atoms with van der Waals surface area (Å²) >= 11 is 0. The van der Waals surface area contributed by atoms with E-state index in [1.165, 1.54) is 4.90 Å². The molecule has 31 heavy (non-hydrogen) atoms. The van der Waals surface area contributed by atoms with Crippen molar-refractivity contribution >= 4 is 22.8 Å². The zero-order valence-corrected chi connectivity index (χ0v) is 17.9. The van der Waals surface area contributed by atoms with Crippen LogP contribution < -0.4 is 9.47 Å². The van der Waals surface area contributed by atoms with Crippen LogP contribution in [0.2, 0.25) is 0 Å². The number of fused-ring (bicyclic) bond motifs is 1. The first kappa shape index (κ1) is 21.2. The summed E-state index contributed by atoms with van der Waals surface area (Å²) < 4.78 is 16.8. The van der Waals surface area contributed by atoms with Crippen LogP contribution in [0.3, 0.4) is 0 Å². The van der Waals surface area contributed by atoms with Crippen molar-refractivity contribution in [1.82, 2.24) is 9.88 Å². The number of carboxylic acids is 1. The summed E-state index contributed by atoms with van der Waals surface area (Å²) in [7, 11) is 1.63. The minimum absolute atomic E-state index is 0.148. The van der Waals surface area contributed by atoms with Crippen LogP contribution in [0.25, 0.3) is 10.8 Å². The molecule has 1 N–H and O–H groups in total.